The van der Waals surface area contributed by atoms with Gasteiger partial charge in [-0.1, -0.05) is 6.07 Å². The van der Waals surface area contributed by atoms with E-state index in [2.05, 4.69) is 11.2 Å². The molecule has 1 heterocycles. The lowest BCUT2D eigenvalue weighted by Crippen LogP contribution is -1.89. The molecule has 15 heavy (non-hydrogen) atoms. The standard InChI is InChI=1S/C11H10N4/c1-15-7-9(6-14-15)11-3-2-10(13)4-8(11)5-12/h2-4,6-7H,13H2,1H3. The highest BCUT2D eigenvalue weighted by molar-refractivity contribution is 5.71. The summed E-state index contributed by atoms with van der Waals surface area (Å²) in [4.78, 5) is 0. The minimum Gasteiger partial charge on any atom is -0.399 e. The number of rotatable bonds is 1. The number of aryl methyl sites for hydroxylation is 1. The van der Waals surface area contributed by atoms with Gasteiger partial charge >= 0.3 is 0 Å². The molecule has 0 unspecified atom stereocenters. The first-order valence-corrected chi connectivity index (χ1v) is 4.49. The second kappa shape index (κ2) is 3.46. The molecule has 1 aromatic heterocycles. The van der Waals surface area contributed by atoms with Gasteiger partial charge in [0.2, 0.25) is 0 Å². The third-order valence-electron chi connectivity index (χ3n) is 2.18. The Labute approximate surface area is 87.6 Å². The molecule has 4 nitrogen and oxygen atoms in total. The number of anilines is 1. The fourth-order valence-corrected chi connectivity index (χ4v) is 1.47. The van der Waals surface area contributed by atoms with Crippen LogP contribution in [0.5, 0.6) is 0 Å². The lowest BCUT2D eigenvalue weighted by molar-refractivity contribution is 0.768. The van der Waals surface area contributed by atoms with E-state index >= 15 is 0 Å². The van der Waals surface area contributed by atoms with E-state index in [1.807, 2.05) is 19.3 Å². The zero-order valence-corrected chi connectivity index (χ0v) is 8.31. The molecule has 0 radical (unpaired) electrons. The average molecular weight is 198 g/mol. The third kappa shape index (κ3) is 1.67. The smallest absolute Gasteiger partial charge is 0.0998 e. The van der Waals surface area contributed by atoms with Crippen LogP contribution in [-0.2, 0) is 7.05 Å². The van der Waals surface area contributed by atoms with Crippen molar-refractivity contribution in [2.24, 2.45) is 7.05 Å². The van der Waals surface area contributed by atoms with Crippen molar-refractivity contribution in [1.29, 1.82) is 5.26 Å². The van der Waals surface area contributed by atoms with Gasteiger partial charge in [0, 0.05) is 30.1 Å². The van der Waals surface area contributed by atoms with E-state index in [4.69, 9.17) is 11.0 Å². The quantitative estimate of drug-likeness (QED) is 0.707. The maximum atomic E-state index is 8.98. The molecule has 2 rings (SSSR count). The van der Waals surface area contributed by atoms with E-state index in [1.54, 1.807) is 23.0 Å². The summed E-state index contributed by atoms with van der Waals surface area (Å²) in [6, 6.07) is 7.42. The Morgan fingerprint density at radius 3 is 2.87 bits per heavy atom. The molecule has 0 spiro atoms. The second-order valence-corrected chi connectivity index (χ2v) is 3.32. The fraction of sp³-hybridized carbons (Fsp3) is 0.0909. The van der Waals surface area contributed by atoms with Crippen LogP contribution in [0.15, 0.2) is 30.6 Å². The van der Waals surface area contributed by atoms with E-state index in [0.717, 1.165) is 11.1 Å². The molecule has 0 fully saturated rings. The number of nitrogens with two attached hydrogens (primary N) is 1. The summed E-state index contributed by atoms with van der Waals surface area (Å²) < 4.78 is 1.70. The summed E-state index contributed by atoms with van der Waals surface area (Å²) in [6.45, 7) is 0. The number of hydrogen-bond acceptors (Lipinski definition) is 3. The summed E-state index contributed by atoms with van der Waals surface area (Å²) in [5, 5.41) is 13.0. The van der Waals surface area contributed by atoms with Gasteiger partial charge in [-0.25, -0.2) is 0 Å². The van der Waals surface area contributed by atoms with Crippen molar-refractivity contribution >= 4 is 5.69 Å². The van der Waals surface area contributed by atoms with Crippen molar-refractivity contribution in [1.82, 2.24) is 9.78 Å². The first-order valence-electron chi connectivity index (χ1n) is 4.49. The molecule has 0 amide bonds. The largest absolute Gasteiger partial charge is 0.399 e. The van der Waals surface area contributed by atoms with E-state index in [9.17, 15) is 0 Å². The average Bonchev–Trinajstić information content (AvgIpc) is 2.64. The van der Waals surface area contributed by atoms with Gasteiger partial charge < -0.3 is 5.73 Å². The van der Waals surface area contributed by atoms with E-state index in [1.165, 1.54) is 0 Å². The Balaban J connectivity index is 2.58. The third-order valence-corrected chi connectivity index (χ3v) is 2.18. The minimum atomic E-state index is 0.572. The molecule has 0 atom stereocenters. The van der Waals surface area contributed by atoms with Crippen molar-refractivity contribution in [2.45, 2.75) is 0 Å². The highest BCUT2D eigenvalue weighted by Gasteiger charge is 2.06. The maximum absolute atomic E-state index is 8.98. The summed E-state index contributed by atoms with van der Waals surface area (Å²) in [5.41, 5.74) is 8.57. The fourth-order valence-electron chi connectivity index (χ4n) is 1.47. The Bertz CT molecular complexity index is 534. The van der Waals surface area contributed by atoms with Crippen LogP contribution in [0, 0.1) is 11.3 Å². The Hall–Kier alpha value is -2.28. The highest BCUT2D eigenvalue weighted by Crippen LogP contribution is 2.24. The Kier molecular flexibility index (Phi) is 2.14. The van der Waals surface area contributed by atoms with Crippen LogP contribution in [0.2, 0.25) is 0 Å². The van der Waals surface area contributed by atoms with Crippen molar-refractivity contribution in [2.75, 3.05) is 5.73 Å². The van der Waals surface area contributed by atoms with E-state index in [-0.39, 0.29) is 0 Å². The van der Waals surface area contributed by atoms with Gasteiger partial charge in [-0.15, -0.1) is 0 Å². The van der Waals surface area contributed by atoms with Crippen molar-refractivity contribution < 1.29 is 0 Å². The van der Waals surface area contributed by atoms with E-state index < -0.39 is 0 Å². The van der Waals surface area contributed by atoms with Gasteiger partial charge in [-0.05, 0) is 12.1 Å². The molecule has 2 aromatic rings. The highest BCUT2D eigenvalue weighted by atomic mass is 15.2. The van der Waals surface area contributed by atoms with Crippen LogP contribution in [-0.4, -0.2) is 9.78 Å². The molecule has 1 aromatic carbocycles. The molecule has 0 aliphatic rings. The number of nitriles is 1. The SMILES string of the molecule is Cn1cc(-c2ccc(N)cc2C#N)cn1. The van der Waals surface area contributed by atoms with E-state index in [0.29, 0.717) is 11.3 Å². The lowest BCUT2D eigenvalue weighted by atomic mass is 10.0. The molecular weight excluding hydrogens is 188 g/mol. The molecule has 0 bridgehead atoms. The van der Waals surface area contributed by atoms with Gasteiger partial charge in [-0.2, -0.15) is 10.4 Å². The number of nitrogens with zero attached hydrogens (tertiary/aromatic N) is 3. The maximum Gasteiger partial charge on any atom is 0.0998 e. The van der Waals surface area contributed by atoms with Crippen LogP contribution < -0.4 is 5.73 Å². The van der Waals surface area contributed by atoms with Crippen LogP contribution >= 0.6 is 0 Å². The summed E-state index contributed by atoms with van der Waals surface area (Å²) in [6.07, 6.45) is 3.60. The second-order valence-electron chi connectivity index (χ2n) is 3.32. The zero-order chi connectivity index (χ0) is 10.8. The van der Waals surface area contributed by atoms with Crippen LogP contribution in [0.1, 0.15) is 5.56 Å². The molecule has 74 valence electrons. The summed E-state index contributed by atoms with van der Waals surface area (Å²) in [5.74, 6) is 0. The van der Waals surface area contributed by atoms with Gasteiger partial charge in [-0.3, -0.25) is 4.68 Å². The monoisotopic (exact) mass is 198 g/mol. The Morgan fingerprint density at radius 2 is 2.27 bits per heavy atom. The van der Waals surface area contributed by atoms with Gasteiger partial charge in [0.05, 0.1) is 17.8 Å². The number of nitrogen functional groups attached to an aromatic ring is 1. The molecule has 2 N–H and O–H groups in total. The predicted molar refractivity (Wildman–Crippen MR) is 57.8 cm³/mol. The van der Waals surface area contributed by atoms with Crippen molar-refractivity contribution in [3.8, 4) is 17.2 Å². The molecule has 0 aliphatic carbocycles. The summed E-state index contributed by atoms with van der Waals surface area (Å²) >= 11 is 0. The van der Waals surface area contributed by atoms with Gasteiger partial charge in [0.1, 0.15) is 0 Å². The normalized spacial score (nSPS) is 9.87. The van der Waals surface area contributed by atoms with Gasteiger partial charge in [0.25, 0.3) is 0 Å². The summed E-state index contributed by atoms with van der Waals surface area (Å²) in [7, 11) is 1.84. The van der Waals surface area contributed by atoms with Crippen LogP contribution in [0.25, 0.3) is 11.1 Å². The lowest BCUT2D eigenvalue weighted by Gasteiger charge is -2.01. The van der Waals surface area contributed by atoms with Crippen LogP contribution in [0.3, 0.4) is 0 Å². The first-order chi connectivity index (χ1) is 7.20. The minimum absolute atomic E-state index is 0.572. The molecule has 4 heteroatoms. The van der Waals surface area contributed by atoms with Crippen molar-refractivity contribution in [3.05, 3.63) is 36.2 Å². The molecule has 0 saturated heterocycles. The number of hydrogen-bond donors (Lipinski definition) is 1. The van der Waals surface area contributed by atoms with Crippen LogP contribution in [0.4, 0.5) is 5.69 Å². The topological polar surface area (TPSA) is 67.6 Å². The molecule has 0 aliphatic heterocycles. The molecular formula is C11H10N4. The van der Waals surface area contributed by atoms with Crippen molar-refractivity contribution in [3.63, 3.8) is 0 Å². The molecule has 0 saturated carbocycles. The number of benzene rings is 1. The zero-order valence-electron chi connectivity index (χ0n) is 8.31. The Morgan fingerprint density at radius 1 is 1.47 bits per heavy atom. The first kappa shape index (κ1) is 9.28. The van der Waals surface area contributed by atoms with Gasteiger partial charge in [0.15, 0.2) is 0 Å². The number of aromatic nitrogens is 2. The predicted octanol–water partition coefficient (Wildman–Crippen LogP) is 1.54.